The summed E-state index contributed by atoms with van der Waals surface area (Å²) in [5, 5.41) is 13.1. The molecule has 5 heteroatoms. The van der Waals surface area contributed by atoms with E-state index < -0.39 is 12.0 Å². The molecule has 0 bridgehead atoms. The Hall–Kier alpha value is -1.72. The van der Waals surface area contributed by atoms with Crippen LogP contribution in [-0.4, -0.2) is 16.0 Å². The summed E-state index contributed by atoms with van der Waals surface area (Å²) >= 11 is 1.44. The second kappa shape index (κ2) is 6.45. The molecule has 4 nitrogen and oxygen atoms in total. The molecule has 19 heavy (non-hydrogen) atoms. The summed E-state index contributed by atoms with van der Waals surface area (Å²) in [6, 6.07) is 8.85. The molecule has 0 spiro atoms. The van der Waals surface area contributed by atoms with E-state index >= 15 is 0 Å². The van der Waals surface area contributed by atoms with E-state index in [9.17, 15) is 9.90 Å². The van der Waals surface area contributed by atoms with Crippen molar-refractivity contribution in [3.8, 4) is 0 Å². The lowest BCUT2D eigenvalue weighted by molar-refractivity contribution is -0.124. The van der Waals surface area contributed by atoms with E-state index in [1.165, 1.54) is 11.3 Å². The lowest BCUT2D eigenvalue weighted by atomic mass is 10.1. The Labute approximate surface area is 116 Å². The highest BCUT2D eigenvalue weighted by Crippen LogP contribution is 2.21. The molecular weight excluding hydrogens is 260 g/mol. The number of hydrogen-bond donors (Lipinski definition) is 2. The molecule has 1 unspecified atom stereocenters. The Morgan fingerprint density at radius 2 is 2.16 bits per heavy atom. The van der Waals surface area contributed by atoms with Crippen molar-refractivity contribution in [3.05, 3.63) is 47.0 Å². The average Bonchev–Trinajstić information content (AvgIpc) is 2.86. The van der Waals surface area contributed by atoms with Crippen molar-refractivity contribution < 1.29 is 9.90 Å². The van der Waals surface area contributed by atoms with Crippen LogP contribution in [0.1, 0.15) is 29.9 Å². The number of nitrogens with one attached hydrogen (secondary N) is 1. The molecule has 0 aliphatic heterocycles. The van der Waals surface area contributed by atoms with Gasteiger partial charge in [-0.2, -0.15) is 0 Å². The van der Waals surface area contributed by atoms with E-state index in [0.29, 0.717) is 10.7 Å². The van der Waals surface area contributed by atoms with Gasteiger partial charge in [-0.15, -0.1) is 11.3 Å². The average molecular weight is 276 g/mol. The van der Waals surface area contributed by atoms with Gasteiger partial charge in [0, 0.05) is 11.1 Å². The van der Waals surface area contributed by atoms with Gasteiger partial charge in [-0.1, -0.05) is 43.7 Å². The fraction of sp³-hybridized carbons (Fsp3) is 0.286. The number of rotatable bonds is 5. The van der Waals surface area contributed by atoms with E-state index in [1.54, 1.807) is 30.5 Å². The summed E-state index contributed by atoms with van der Waals surface area (Å²) in [4.78, 5) is 17.1. The van der Waals surface area contributed by atoms with Crippen molar-refractivity contribution in [1.82, 2.24) is 4.98 Å². The first kappa shape index (κ1) is 13.7. The van der Waals surface area contributed by atoms with Crippen LogP contribution in [0, 0.1) is 0 Å². The molecular formula is C14H16N2O2S. The SMILES string of the molecule is CCCc1cnc(NC(=O)C(O)c2ccccc2)s1. The largest absolute Gasteiger partial charge is 0.378 e. The summed E-state index contributed by atoms with van der Waals surface area (Å²) < 4.78 is 0. The maximum absolute atomic E-state index is 11.9. The van der Waals surface area contributed by atoms with Crippen LogP contribution in [0.5, 0.6) is 0 Å². The van der Waals surface area contributed by atoms with Crippen molar-refractivity contribution in [1.29, 1.82) is 0 Å². The molecule has 0 aliphatic rings. The fourth-order valence-electron chi connectivity index (χ4n) is 1.69. The van der Waals surface area contributed by atoms with Gasteiger partial charge in [-0.05, 0) is 12.0 Å². The number of amides is 1. The molecule has 0 fully saturated rings. The fourth-order valence-corrected chi connectivity index (χ4v) is 2.60. The van der Waals surface area contributed by atoms with Gasteiger partial charge in [0.05, 0.1) is 0 Å². The lowest BCUT2D eigenvalue weighted by Crippen LogP contribution is -2.20. The van der Waals surface area contributed by atoms with Crippen LogP contribution < -0.4 is 5.32 Å². The Morgan fingerprint density at radius 3 is 2.84 bits per heavy atom. The van der Waals surface area contributed by atoms with E-state index in [4.69, 9.17) is 0 Å². The van der Waals surface area contributed by atoms with Crippen LogP contribution in [-0.2, 0) is 11.2 Å². The van der Waals surface area contributed by atoms with Crippen LogP contribution in [0.4, 0.5) is 5.13 Å². The molecule has 0 aliphatic carbocycles. The third-order valence-electron chi connectivity index (χ3n) is 2.64. The smallest absolute Gasteiger partial charge is 0.259 e. The number of carbonyl (C=O) groups excluding carboxylic acids is 1. The van der Waals surface area contributed by atoms with Gasteiger partial charge in [-0.25, -0.2) is 4.98 Å². The van der Waals surface area contributed by atoms with Gasteiger partial charge >= 0.3 is 0 Å². The summed E-state index contributed by atoms with van der Waals surface area (Å²) in [5.41, 5.74) is 0.574. The molecule has 1 aromatic heterocycles. The minimum atomic E-state index is -1.17. The maximum atomic E-state index is 11.9. The summed E-state index contributed by atoms with van der Waals surface area (Å²) in [7, 11) is 0. The predicted molar refractivity (Wildman–Crippen MR) is 76.1 cm³/mol. The molecule has 100 valence electrons. The molecule has 2 aromatic rings. The highest BCUT2D eigenvalue weighted by Gasteiger charge is 2.18. The number of carbonyl (C=O) groups is 1. The summed E-state index contributed by atoms with van der Waals surface area (Å²) in [6.45, 7) is 2.09. The number of aliphatic hydroxyl groups is 1. The van der Waals surface area contributed by atoms with Crippen LogP contribution in [0.25, 0.3) is 0 Å². The summed E-state index contributed by atoms with van der Waals surface area (Å²) in [6.07, 6.45) is 2.59. The van der Waals surface area contributed by atoms with Gasteiger partial charge in [-0.3, -0.25) is 10.1 Å². The van der Waals surface area contributed by atoms with Gasteiger partial charge in [0.25, 0.3) is 5.91 Å². The second-order valence-electron chi connectivity index (χ2n) is 4.18. The molecule has 1 heterocycles. The number of aromatic nitrogens is 1. The number of anilines is 1. The van der Waals surface area contributed by atoms with Crippen molar-refractivity contribution in [2.24, 2.45) is 0 Å². The molecule has 0 saturated heterocycles. The Bertz CT molecular complexity index is 539. The third-order valence-corrected chi connectivity index (χ3v) is 3.62. The minimum absolute atomic E-state index is 0.455. The first-order valence-corrected chi connectivity index (χ1v) is 7.01. The van der Waals surface area contributed by atoms with Crippen LogP contribution in [0.2, 0.25) is 0 Å². The quantitative estimate of drug-likeness (QED) is 0.882. The molecule has 0 radical (unpaired) electrons. The minimum Gasteiger partial charge on any atom is -0.378 e. The number of aliphatic hydroxyl groups excluding tert-OH is 1. The predicted octanol–water partition coefficient (Wildman–Crippen LogP) is 2.77. The lowest BCUT2D eigenvalue weighted by Gasteiger charge is -2.09. The third kappa shape index (κ3) is 3.62. The normalized spacial score (nSPS) is 12.1. The Balaban J connectivity index is 2.00. The zero-order valence-corrected chi connectivity index (χ0v) is 11.5. The Kier molecular flexibility index (Phi) is 4.65. The first-order chi connectivity index (χ1) is 9.20. The number of nitrogens with zero attached hydrogens (tertiary/aromatic N) is 1. The highest BCUT2D eigenvalue weighted by atomic mass is 32.1. The van der Waals surface area contributed by atoms with Crippen LogP contribution in [0.3, 0.4) is 0 Å². The van der Waals surface area contributed by atoms with E-state index in [0.717, 1.165) is 17.7 Å². The molecule has 1 amide bonds. The van der Waals surface area contributed by atoms with E-state index in [2.05, 4.69) is 17.2 Å². The van der Waals surface area contributed by atoms with E-state index in [1.807, 2.05) is 6.07 Å². The van der Waals surface area contributed by atoms with Crippen molar-refractivity contribution in [2.75, 3.05) is 5.32 Å². The van der Waals surface area contributed by atoms with Crippen molar-refractivity contribution in [3.63, 3.8) is 0 Å². The molecule has 2 N–H and O–H groups in total. The number of benzene rings is 1. The van der Waals surface area contributed by atoms with Gasteiger partial charge in [0.2, 0.25) is 0 Å². The number of hydrogen-bond acceptors (Lipinski definition) is 4. The van der Waals surface area contributed by atoms with Gasteiger partial charge in [0.1, 0.15) is 0 Å². The molecule has 1 aromatic carbocycles. The van der Waals surface area contributed by atoms with Gasteiger partial charge in [0.15, 0.2) is 11.2 Å². The first-order valence-electron chi connectivity index (χ1n) is 6.19. The topological polar surface area (TPSA) is 62.2 Å². The molecule has 2 rings (SSSR count). The van der Waals surface area contributed by atoms with Crippen molar-refractivity contribution in [2.45, 2.75) is 25.9 Å². The van der Waals surface area contributed by atoms with Crippen LogP contribution >= 0.6 is 11.3 Å². The van der Waals surface area contributed by atoms with E-state index in [-0.39, 0.29) is 0 Å². The standard InChI is InChI=1S/C14H16N2O2S/c1-2-6-11-9-15-14(19-11)16-13(18)12(17)10-7-4-3-5-8-10/h3-5,7-9,12,17H,2,6H2,1H3,(H,15,16,18). The zero-order valence-electron chi connectivity index (χ0n) is 10.7. The zero-order chi connectivity index (χ0) is 13.7. The van der Waals surface area contributed by atoms with Crippen LogP contribution in [0.15, 0.2) is 36.5 Å². The highest BCUT2D eigenvalue weighted by molar-refractivity contribution is 7.15. The number of aryl methyl sites for hydroxylation is 1. The summed E-state index contributed by atoms with van der Waals surface area (Å²) in [5.74, 6) is -0.455. The van der Waals surface area contributed by atoms with Gasteiger partial charge < -0.3 is 5.11 Å². The monoisotopic (exact) mass is 276 g/mol. The second-order valence-corrected chi connectivity index (χ2v) is 5.30. The molecule has 0 saturated carbocycles. The maximum Gasteiger partial charge on any atom is 0.259 e. The number of thiazole rings is 1. The van der Waals surface area contributed by atoms with Crippen molar-refractivity contribution >= 4 is 22.4 Å². The Morgan fingerprint density at radius 1 is 1.42 bits per heavy atom. The molecule has 1 atom stereocenters.